The maximum atomic E-state index is 14.1. The van der Waals surface area contributed by atoms with E-state index in [0.717, 1.165) is 4.47 Å². The van der Waals surface area contributed by atoms with Crippen molar-refractivity contribution in [3.05, 3.63) is 69.9 Å². The molecule has 1 heterocycles. The van der Waals surface area contributed by atoms with Gasteiger partial charge in [0.2, 0.25) is 5.91 Å². The van der Waals surface area contributed by atoms with Crippen LogP contribution in [0.2, 0.25) is 0 Å². The summed E-state index contributed by atoms with van der Waals surface area (Å²) >= 11 is 3.32. The number of nitrogens with zero attached hydrogens (tertiary/aromatic N) is 1. The number of amides is 2. The van der Waals surface area contributed by atoms with Crippen molar-refractivity contribution in [2.75, 3.05) is 13.1 Å². The smallest absolute Gasteiger partial charge is 0.254 e. The molecule has 1 saturated heterocycles. The van der Waals surface area contributed by atoms with Crippen molar-refractivity contribution < 1.29 is 14.0 Å². The zero-order chi connectivity index (χ0) is 16.4. The molecule has 118 valence electrons. The number of rotatable bonds is 2. The summed E-state index contributed by atoms with van der Waals surface area (Å²) in [7, 11) is 0. The van der Waals surface area contributed by atoms with Gasteiger partial charge >= 0.3 is 0 Å². The minimum absolute atomic E-state index is 0.204. The predicted molar refractivity (Wildman–Crippen MR) is 87.3 cm³/mol. The SMILES string of the molecule is O=C1NCCN(C(=O)c2ccc(Br)cc2)C1c1ccccc1F. The lowest BCUT2D eigenvalue weighted by molar-refractivity contribution is -0.128. The molecule has 1 fully saturated rings. The first kappa shape index (κ1) is 15.7. The van der Waals surface area contributed by atoms with Gasteiger partial charge in [0.15, 0.2) is 0 Å². The van der Waals surface area contributed by atoms with Gasteiger partial charge in [0, 0.05) is 28.7 Å². The molecular formula is C17H14BrFN2O2. The molecule has 1 unspecified atom stereocenters. The highest BCUT2D eigenvalue weighted by molar-refractivity contribution is 9.10. The third-order valence-corrected chi connectivity index (χ3v) is 4.29. The summed E-state index contributed by atoms with van der Waals surface area (Å²) in [5.41, 5.74) is 0.666. The van der Waals surface area contributed by atoms with Crippen LogP contribution in [-0.4, -0.2) is 29.8 Å². The number of carbonyl (C=O) groups is 2. The molecule has 2 amide bonds. The number of nitrogens with one attached hydrogen (secondary N) is 1. The van der Waals surface area contributed by atoms with Crippen molar-refractivity contribution in [2.45, 2.75) is 6.04 Å². The Bertz CT molecular complexity index is 749. The van der Waals surface area contributed by atoms with Gasteiger partial charge in [0.1, 0.15) is 11.9 Å². The summed E-state index contributed by atoms with van der Waals surface area (Å²) in [5.74, 6) is -1.16. The molecule has 0 aromatic heterocycles. The molecule has 0 bridgehead atoms. The Labute approximate surface area is 141 Å². The molecule has 4 nitrogen and oxygen atoms in total. The summed E-state index contributed by atoms with van der Waals surface area (Å²) in [5, 5.41) is 2.70. The van der Waals surface area contributed by atoms with Gasteiger partial charge in [-0.15, -0.1) is 0 Å². The molecule has 0 spiro atoms. The maximum absolute atomic E-state index is 14.1. The first-order valence-corrected chi connectivity index (χ1v) is 7.96. The number of benzene rings is 2. The van der Waals surface area contributed by atoms with Gasteiger partial charge in [-0.25, -0.2) is 4.39 Å². The molecule has 1 aliphatic rings. The van der Waals surface area contributed by atoms with E-state index in [9.17, 15) is 14.0 Å². The molecule has 3 rings (SSSR count). The Hall–Kier alpha value is -2.21. The van der Waals surface area contributed by atoms with Gasteiger partial charge in [-0.2, -0.15) is 0 Å². The topological polar surface area (TPSA) is 49.4 Å². The lowest BCUT2D eigenvalue weighted by atomic mass is 10.0. The fourth-order valence-corrected chi connectivity index (χ4v) is 2.91. The largest absolute Gasteiger partial charge is 0.352 e. The summed E-state index contributed by atoms with van der Waals surface area (Å²) in [6.07, 6.45) is 0. The van der Waals surface area contributed by atoms with Crippen LogP contribution in [0.4, 0.5) is 4.39 Å². The summed E-state index contributed by atoms with van der Waals surface area (Å²) in [6, 6.07) is 12.0. The number of hydrogen-bond acceptors (Lipinski definition) is 2. The number of piperazine rings is 1. The third kappa shape index (κ3) is 3.12. The lowest BCUT2D eigenvalue weighted by Crippen LogP contribution is -2.52. The monoisotopic (exact) mass is 376 g/mol. The van der Waals surface area contributed by atoms with Crippen LogP contribution in [0.25, 0.3) is 0 Å². The van der Waals surface area contributed by atoms with Crippen molar-refractivity contribution >= 4 is 27.7 Å². The molecule has 2 aromatic carbocycles. The van der Waals surface area contributed by atoms with Crippen LogP contribution in [0.5, 0.6) is 0 Å². The Kier molecular flexibility index (Phi) is 4.43. The molecule has 1 atom stereocenters. The Morgan fingerprint density at radius 3 is 2.57 bits per heavy atom. The summed E-state index contributed by atoms with van der Waals surface area (Å²) in [4.78, 5) is 26.4. The van der Waals surface area contributed by atoms with Crippen LogP contribution in [0, 0.1) is 5.82 Å². The van der Waals surface area contributed by atoms with Gasteiger partial charge in [-0.3, -0.25) is 9.59 Å². The van der Waals surface area contributed by atoms with Crippen molar-refractivity contribution in [1.29, 1.82) is 0 Å². The molecule has 23 heavy (non-hydrogen) atoms. The lowest BCUT2D eigenvalue weighted by Gasteiger charge is -2.35. The summed E-state index contributed by atoms with van der Waals surface area (Å²) in [6.45, 7) is 0.686. The first-order valence-electron chi connectivity index (χ1n) is 7.16. The van der Waals surface area contributed by atoms with Crippen molar-refractivity contribution in [3.63, 3.8) is 0 Å². The second kappa shape index (κ2) is 6.50. The average molecular weight is 377 g/mol. The van der Waals surface area contributed by atoms with Crippen LogP contribution in [-0.2, 0) is 4.79 Å². The summed E-state index contributed by atoms with van der Waals surface area (Å²) < 4.78 is 15.0. The predicted octanol–water partition coefficient (Wildman–Crippen LogP) is 2.90. The van der Waals surface area contributed by atoms with Gasteiger partial charge < -0.3 is 10.2 Å². The van der Waals surface area contributed by atoms with Gasteiger partial charge in [0.05, 0.1) is 0 Å². The fraction of sp³-hybridized carbons (Fsp3) is 0.176. The average Bonchev–Trinajstić information content (AvgIpc) is 2.56. The van der Waals surface area contributed by atoms with Crippen LogP contribution < -0.4 is 5.32 Å². The number of halogens is 2. The van der Waals surface area contributed by atoms with Crippen LogP contribution >= 0.6 is 15.9 Å². The Morgan fingerprint density at radius 2 is 1.87 bits per heavy atom. The van der Waals surface area contributed by atoms with E-state index in [1.54, 1.807) is 36.4 Å². The van der Waals surface area contributed by atoms with Crippen molar-refractivity contribution in [1.82, 2.24) is 10.2 Å². The molecule has 0 radical (unpaired) electrons. The molecule has 0 saturated carbocycles. The molecule has 1 N–H and O–H groups in total. The quantitative estimate of drug-likeness (QED) is 0.875. The second-order valence-electron chi connectivity index (χ2n) is 5.22. The zero-order valence-corrected chi connectivity index (χ0v) is 13.7. The Morgan fingerprint density at radius 1 is 1.17 bits per heavy atom. The van der Waals surface area contributed by atoms with Gasteiger partial charge in [-0.05, 0) is 30.3 Å². The molecule has 6 heteroatoms. The normalized spacial score (nSPS) is 17.7. The van der Waals surface area contributed by atoms with Gasteiger partial charge in [-0.1, -0.05) is 34.1 Å². The van der Waals surface area contributed by atoms with E-state index in [2.05, 4.69) is 21.2 Å². The van der Waals surface area contributed by atoms with Crippen molar-refractivity contribution in [3.8, 4) is 0 Å². The van der Waals surface area contributed by atoms with Crippen LogP contribution in [0.3, 0.4) is 0 Å². The van der Waals surface area contributed by atoms with Crippen LogP contribution in [0.15, 0.2) is 53.0 Å². The maximum Gasteiger partial charge on any atom is 0.254 e. The Balaban J connectivity index is 1.98. The number of hydrogen-bond donors (Lipinski definition) is 1. The number of carbonyl (C=O) groups excluding carboxylic acids is 2. The molecular weight excluding hydrogens is 363 g/mol. The van der Waals surface area contributed by atoms with Gasteiger partial charge in [0.25, 0.3) is 5.91 Å². The highest BCUT2D eigenvalue weighted by Gasteiger charge is 2.36. The molecule has 1 aliphatic heterocycles. The van der Waals surface area contributed by atoms with Crippen molar-refractivity contribution in [2.24, 2.45) is 0 Å². The fourth-order valence-electron chi connectivity index (χ4n) is 2.65. The minimum Gasteiger partial charge on any atom is -0.352 e. The van der Waals surface area contributed by atoms with E-state index in [4.69, 9.17) is 0 Å². The molecule has 0 aliphatic carbocycles. The zero-order valence-electron chi connectivity index (χ0n) is 12.1. The first-order chi connectivity index (χ1) is 11.1. The van der Waals surface area contributed by atoms with E-state index >= 15 is 0 Å². The molecule has 2 aromatic rings. The highest BCUT2D eigenvalue weighted by atomic mass is 79.9. The minimum atomic E-state index is -0.957. The van der Waals surface area contributed by atoms with E-state index in [-0.39, 0.29) is 17.4 Å². The second-order valence-corrected chi connectivity index (χ2v) is 6.14. The van der Waals surface area contributed by atoms with Crippen LogP contribution in [0.1, 0.15) is 22.0 Å². The van der Waals surface area contributed by atoms with E-state index in [1.807, 2.05) is 0 Å². The van der Waals surface area contributed by atoms with E-state index in [1.165, 1.54) is 17.0 Å². The van der Waals surface area contributed by atoms with E-state index < -0.39 is 11.9 Å². The highest BCUT2D eigenvalue weighted by Crippen LogP contribution is 2.27. The standard InChI is InChI=1S/C17H14BrFN2O2/c18-12-7-5-11(6-8-12)17(23)21-10-9-20-16(22)15(21)13-3-1-2-4-14(13)19/h1-8,15H,9-10H2,(H,20,22). The van der Waals surface area contributed by atoms with E-state index in [0.29, 0.717) is 18.7 Å². The third-order valence-electron chi connectivity index (χ3n) is 3.76.